The van der Waals surface area contributed by atoms with Crippen molar-refractivity contribution in [3.8, 4) is 22.9 Å². The van der Waals surface area contributed by atoms with E-state index in [2.05, 4.69) is 20.4 Å². The van der Waals surface area contributed by atoms with Crippen LogP contribution in [-0.4, -0.2) is 33.8 Å². The second-order valence-corrected chi connectivity index (χ2v) is 6.53. The van der Waals surface area contributed by atoms with Crippen LogP contribution >= 0.6 is 0 Å². The van der Waals surface area contributed by atoms with E-state index in [1.54, 1.807) is 20.3 Å². The van der Waals surface area contributed by atoms with Gasteiger partial charge in [-0.1, -0.05) is 24.3 Å². The monoisotopic (exact) mass is 391 g/mol. The number of hydrogen-bond donors (Lipinski definition) is 2. The number of methoxy groups -OCH3 is 2. The molecule has 0 radical (unpaired) electrons. The SMILES string of the molecule is COc1ccc(NCc2cc(=O)n3[nH]c(-c4ccccc4C)nc3n2)c(OC)c1. The molecule has 0 saturated carbocycles. The van der Waals surface area contributed by atoms with Crippen LogP contribution in [-0.2, 0) is 6.54 Å². The summed E-state index contributed by atoms with van der Waals surface area (Å²) >= 11 is 0. The van der Waals surface area contributed by atoms with Crippen LogP contribution < -0.4 is 20.3 Å². The van der Waals surface area contributed by atoms with Crippen molar-refractivity contribution in [1.29, 1.82) is 0 Å². The predicted molar refractivity (Wildman–Crippen MR) is 111 cm³/mol. The highest BCUT2D eigenvalue weighted by Crippen LogP contribution is 2.29. The number of aromatic nitrogens is 4. The first-order valence-corrected chi connectivity index (χ1v) is 9.09. The van der Waals surface area contributed by atoms with Crippen LogP contribution in [0.2, 0.25) is 0 Å². The molecule has 8 nitrogen and oxygen atoms in total. The lowest BCUT2D eigenvalue weighted by Gasteiger charge is -2.12. The van der Waals surface area contributed by atoms with Crippen molar-refractivity contribution in [3.05, 3.63) is 70.1 Å². The lowest BCUT2D eigenvalue weighted by molar-refractivity contribution is 0.395. The number of hydrogen-bond acceptors (Lipinski definition) is 6. The number of benzene rings is 2. The maximum Gasteiger partial charge on any atom is 0.274 e. The average molecular weight is 391 g/mol. The maximum atomic E-state index is 12.5. The van der Waals surface area contributed by atoms with E-state index in [0.717, 1.165) is 16.8 Å². The molecular formula is C21H21N5O3. The summed E-state index contributed by atoms with van der Waals surface area (Å²) < 4.78 is 11.9. The van der Waals surface area contributed by atoms with Gasteiger partial charge in [-0.05, 0) is 24.6 Å². The van der Waals surface area contributed by atoms with Crippen LogP contribution in [0.15, 0.2) is 53.3 Å². The largest absolute Gasteiger partial charge is 0.497 e. The van der Waals surface area contributed by atoms with Crippen LogP contribution in [0.5, 0.6) is 11.5 Å². The molecule has 0 aliphatic carbocycles. The summed E-state index contributed by atoms with van der Waals surface area (Å²) in [5.41, 5.74) is 3.13. The van der Waals surface area contributed by atoms with Gasteiger partial charge in [0.1, 0.15) is 11.5 Å². The third-order valence-corrected chi connectivity index (χ3v) is 4.65. The molecule has 2 aromatic carbocycles. The second kappa shape index (κ2) is 7.67. The average Bonchev–Trinajstić information content (AvgIpc) is 3.17. The van der Waals surface area contributed by atoms with E-state index in [-0.39, 0.29) is 5.56 Å². The van der Waals surface area contributed by atoms with Gasteiger partial charge in [-0.2, -0.15) is 9.50 Å². The Morgan fingerprint density at radius 2 is 1.90 bits per heavy atom. The summed E-state index contributed by atoms with van der Waals surface area (Å²) in [6.45, 7) is 2.34. The lowest BCUT2D eigenvalue weighted by Crippen LogP contribution is -2.17. The molecule has 2 aromatic heterocycles. The molecule has 0 unspecified atom stereocenters. The highest BCUT2D eigenvalue weighted by molar-refractivity contribution is 5.61. The Morgan fingerprint density at radius 3 is 2.66 bits per heavy atom. The molecule has 148 valence electrons. The van der Waals surface area contributed by atoms with Gasteiger partial charge in [-0.25, -0.2) is 4.98 Å². The number of H-pyrrole nitrogens is 1. The summed E-state index contributed by atoms with van der Waals surface area (Å²) in [5, 5.41) is 6.27. The predicted octanol–water partition coefficient (Wildman–Crippen LogP) is 3.02. The van der Waals surface area contributed by atoms with Crippen molar-refractivity contribution < 1.29 is 9.47 Å². The molecule has 0 bridgehead atoms. The van der Waals surface area contributed by atoms with E-state index in [9.17, 15) is 4.79 Å². The van der Waals surface area contributed by atoms with Crippen molar-refractivity contribution in [2.75, 3.05) is 19.5 Å². The Labute approximate surface area is 167 Å². The zero-order chi connectivity index (χ0) is 20.4. The number of aryl methyl sites for hydroxylation is 1. The normalized spacial score (nSPS) is 10.9. The molecule has 0 aliphatic heterocycles. The van der Waals surface area contributed by atoms with Crippen molar-refractivity contribution in [1.82, 2.24) is 19.6 Å². The number of nitrogens with one attached hydrogen (secondary N) is 2. The fourth-order valence-corrected chi connectivity index (χ4v) is 3.11. The molecule has 0 saturated heterocycles. The van der Waals surface area contributed by atoms with Crippen LogP contribution in [0, 0.1) is 6.92 Å². The first-order valence-electron chi connectivity index (χ1n) is 9.09. The highest BCUT2D eigenvalue weighted by atomic mass is 16.5. The minimum absolute atomic E-state index is 0.221. The van der Waals surface area contributed by atoms with E-state index in [1.807, 2.05) is 43.3 Å². The van der Waals surface area contributed by atoms with Gasteiger partial charge in [0, 0.05) is 17.7 Å². The molecule has 0 atom stereocenters. The Morgan fingerprint density at radius 1 is 1.07 bits per heavy atom. The van der Waals surface area contributed by atoms with Gasteiger partial charge in [0.25, 0.3) is 11.3 Å². The van der Waals surface area contributed by atoms with E-state index in [1.165, 1.54) is 10.6 Å². The number of fused-ring (bicyclic) bond motifs is 1. The first-order chi connectivity index (χ1) is 14.1. The molecule has 0 amide bonds. The third-order valence-electron chi connectivity index (χ3n) is 4.65. The van der Waals surface area contributed by atoms with Crippen molar-refractivity contribution in [2.24, 2.45) is 0 Å². The standard InChI is InChI=1S/C21H21N5O3/c1-13-6-4-5-7-16(13)20-24-21-23-14(10-19(27)26(21)25-20)12-22-17-9-8-15(28-2)11-18(17)29-3/h4-11,22H,12H2,1-3H3,(H,23,24,25). The van der Waals surface area contributed by atoms with E-state index in [4.69, 9.17) is 9.47 Å². The van der Waals surface area contributed by atoms with Crippen molar-refractivity contribution >= 4 is 11.5 Å². The number of anilines is 1. The maximum absolute atomic E-state index is 12.5. The molecule has 4 aromatic rings. The zero-order valence-corrected chi connectivity index (χ0v) is 16.4. The fourth-order valence-electron chi connectivity index (χ4n) is 3.11. The van der Waals surface area contributed by atoms with Crippen molar-refractivity contribution in [3.63, 3.8) is 0 Å². The Bertz CT molecular complexity index is 1230. The van der Waals surface area contributed by atoms with Gasteiger partial charge in [0.2, 0.25) is 0 Å². The fraction of sp³-hybridized carbons (Fsp3) is 0.190. The quantitative estimate of drug-likeness (QED) is 0.525. The minimum Gasteiger partial charge on any atom is -0.497 e. The second-order valence-electron chi connectivity index (χ2n) is 6.53. The summed E-state index contributed by atoms with van der Waals surface area (Å²) in [6, 6.07) is 14.8. The first kappa shape index (κ1) is 18.5. The molecule has 0 aliphatic rings. The van der Waals surface area contributed by atoms with Gasteiger partial charge in [-0.15, -0.1) is 0 Å². The highest BCUT2D eigenvalue weighted by Gasteiger charge is 2.12. The summed E-state index contributed by atoms with van der Waals surface area (Å²) in [4.78, 5) is 21.5. The molecule has 2 N–H and O–H groups in total. The summed E-state index contributed by atoms with van der Waals surface area (Å²) in [7, 11) is 3.19. The molecule has 29 heavy (non-hydrogen) atoms. The molecule has 2 heterocycles. The topological polar surface area (TPSA) is 93.5 Å². The van der Waals surface area contributed by atoms with Crippen LogP contribution in [0.1, 0.15) is 11.3 Å². The Hall–Kier alpha value is -3.81. The van der Waals surface area contributed by atoms with Crippen LogP contribution in [0.25, 0.3) is 17.2 Å². The third kappa shape index (κ3) is 3.64. The van der Waals surface area contributed by atoms with Crippen molar-refractivity contribution in [2.45, 2.75) is 13.5 Å². The van der Waals surface area contributed by atoms with E-state index >= 15 is 0 Å². The van der Waals surface area contributed by atoms with Gasteiger partial charge in [-0.3, -0.25) is 9.89 Å². The number of ether oxygens (including phenoxy) is 2. The van der Waals surface area contributed by atoms with Gasteiger partial charge < -0.3 is 14.8 Å². The Balaban J connectivity index is 1.63. The van der Waals surface area contributed by atoms with Crippen LogP contribution in [0.3, 0.4) is 0 Å². The number of aromatic amines is 1. The molecule has 4 rings (SSSR count). The van der Waals surface area contributed by atoms with Gasteiger partial charge >= 0.3 is 0 Å². The zero-order valence-electron chi connectivity index (χ0n) is 16.4. The van der Waals surface area contributed by atoms with E-state index in [0.29, 0.717) is 35.3 Å². The lowest BCUT2D eigenvalue weighted by atomic mass is 10.1. The number of rotatable bonds is 6. The minimum atomic E-state index is -0.221. The molecular weight excluding hydrogens is 370 g/mol. The van der Waals surface area contributed by atoms with Crippen LogP contribution in [0.4, 0.5) is 5.69 Å². The Kier molecular flexibility index (Phi) is 4.90. The molecule has 8 heteroatoms. The van der Waals surface area contributed by atoms with Gasteiger partial charge in [0.05, 0.1) is 32.1 Å². The summed E-state index contributed by atoms with van der Waals surface area (Å²) in [6.07, 6.45) is 0. The van der Waals surface area contributed by atoms with Gasteiger partial charge in [0.15, 0.2) is 5.82 Å². The molecule has 0 fully saturated rings. The smallest absolute Gasteiger partial charge is 0.274 e. The van der Waals surface area contributed by atoms with E-state index < -0.39 is 0 Å². The number of nitrogens with zero attached hydrogens (tertiary/aromatic N) is 3. The molecule has 0 spiro atoms. The summed E-state index contributed by atoms with van der Waals surface area (Å²) in [5.74, 6) is 2.28.